The molecular formula is C23H19BrCl2N2O3. The topological polar surface area (TPSA) is 59.9 Å². The molecule has 0 aliphatic carbocycles. The predicted molar refractivity (Wildman–Crippen MR) is 128 cm³/mol. The van der Waals surface area contributed by atoms with Crippen LogP contribution in [-0.2, 0) is 6.61 Å². The molecule has 0 atom stereocenters. The second-order valence-electron chi connectivity index (χ2n) is 6.38. The quantitative estimate of drug-likeness (QED) is 0.272. The molecule has 8 heteroatoms. The molecule has 160 valence electrons. The van der Waals surface area contributed by atoms with Crippen molar-refractivity contribution in [1.29, 1.82) is 0 Å². The van der Waals surface area contributed by atoms with Crippen LogP contribution in [0.2, 0.25) is 10.0 Å². The average molecular weight is 522 g/mol. The molecule has 0 aliphatic rings. The maximum Gasteiger partial charge on any atom is 0.271 e. The smallest absolute Gasteiger partial charge is 0.271 e. The first-order chi connectivity index (χ1) is 15.0. The van der Waals surface area contributed by atoms with E-state index in [1.165, 1.54) is 6.21 Å². The molecule has 5 nitrogen and oxygen atoms in total. The van der Waals surface area contributed by atoms with E-state index in [0.29, 0.717) is 45.9 Å². The van der Waals surface area contributed by atoms with E-state index < -0.39 is 0 Å². The molecule has 0 fully saturated rings. The lowest BCUT2D eigenvalue weighted by atomic mass is 10.2. The number of carbonyl (C=O) groups excluding carboxylic acids is 1. The van der Waals surface area contributed by atoms with Gasteiger partial charge in [0.05, 0.1) is 12.8 Å². The van der Waals surface area contributed by atoms with Crippen LogP contribution in [0.4, 0.5) is 0 Å². The number of carbonyl (C=O) groups is 1. The van der Waals surface area contributed by atoms with Crippen LogP contribution in [0.25, 0.3) is 0 Å². The van der Waals surface area contributed by atoms with E-state index in [1.54, 1.807) is 36.4 Å². The summed E-state index contributed by atoms with van der Waals surface area (Å²) in [5.74, 6) is 0.800. The molecule has 0 heterocycles. The van der Waals surface area contributed by atoms with Gasteiger partial charge in [-0.1, -0.05) is 41.4 Å². The lowest BCUT2D eigenvalue weighted by molar-refractivity contribution is 0.0955. The van der Waals surface area contributed by atoms with Crippen molar-refractivity contribution in [1.82, 2.24) is 5.43 Å². The van der Waals surface area contributed by atoms with Gasteiger partial charge in [0.1, 0.15) is 6.61 Å². The standard InChI is InChI=1S/C23H19BrCl2N2O3/c1-2-30-21-11-17(13-27-28-23(29)16-4-3-5-19(26)10-16)20(24)12-22(21)31-14-15-6-8-18(25)9-7-15/h3-13H,2,14H2,1H3,(H,28,29)/b27-13-. The number of amides is 1. The number of rotatable bonds is 8. The van der Waals surface area contributed by atoms with Gasteiger partial charge >= 0.3 is 0 Å². The molecule has 1 amide bonds. The second-order valence-corrected chi connectivity index (χ2v) is 8.11. The summed E-state index contributed by atoms with van der Waals surface area (Å²) >= 11 is 15.4. The van der Waals surface area contributed by atoms with Crippen LogP contribution < -0.4 is 14.9 Å². The zero-order valence-electron chi connectivity index (χ0n) is 16.6. The van der Waals surface area contributed by atoms with Crippen molar-refractivity contribution in [3.8, 4) is 11.5 Å². The highest BCUT2D eigenvalue weighted by Crippen LogP contribution is 2.34. The minimum Gasteiger partial charge on any atom is -0.490 e. The Morgan fingerprint density at radius 1 is 1.03 bits per heavy atom. The van der Waals surface area contributed by atoms with Crippen LogP contribution in [0.15, 0.2) is 70.2 Å². The largest absolute Gasteiger partial charge is 0.490 e. The molecule has 0 unspecified atom stereocenters. The highest BCUT2D eigenvalue weighted by Gasteiger charge is 2.11. The number of benzene rings is 3. The summed E-state index contributed by atoms with van der Waals surface area (Å²) in [7, 11) is 0. The predicted octanol–water partition coefficient (Wildman–Crippen LogP) is 6.50. The molecule has 0 spiro atoms. The first-order valence-electron chi connectivity index (χ1n) is 9.39. The Bertz CT molecular complexity index is 1090. The van der Waals surface area contributed by atoms with E-state index in [1.807, 2.05) is 31.2 Å². The van der Waals surface area contributed by atoms with Crippen molar-refractivity contribution in [3.05, 3.63) is 91.9 Å². The van der Waals surface area contributed by atoms with E-state index in [0.717, 1.165) is 10.0 Å². The summed E-state index contributed by atoms with van der Waals surface area (Å²) in [5.41, 5.74) is 4.61. The van der Waals surface area contributed by atoms with Crippen LogP contribution in [0.1, 0.15) is 28.4 Å². The number of hydrazone groups is 1. The molecule has 0 bridgehead atoms. The Kier molecular flexibility index (Phi) is 8.35. The maximum absolute atomic E-state index is 12.2. The fraction of sp³-hybridized carbons (Fsp3) is 0.130. The molecule has 1 N–H and O–H groups in total. The van der Waals surface area contributed by atoms with Crippen molar-refractivity contribution in [2.75, 3.05) is 6.61 Å². The number of ether oxygens (including phenoxy) is 2. The minimum absolute atomic E-state index is 0.358. The molecule has 3 aromatic rings. The Balaban J connectivity index is 1.72. The maximum atomic E-state index is 12.2. The molecule has 0 saturated carbocycles. The lowest BCUT2D eigenvalue weighted by Gasteiger charge is -2.14. The molecule has 0 saturated heterocycles. The summed E-state index contributed by atoms with van der Waals surface area (Å²) in [6.45, 7) is 2.73. The number of halogens is 3. The zero-order valence-corrected chi connectivity index (χ0v) is 19.7. The van der Waals surface area contributed by atoms with Crippen molar-refractivity contribution in [2.45, 2.75) is 13.5 Å². The summed E-state index contributed by atoms with van der Waals surface area (Å²) in [4.78, 5) is 12.2. The highest BCUT2D eigenvalue weighted by atomic mass is 79.9. The minimum atomic E-state index is -0.358. The molecule has 0 aliphatic heterocycles. The Hall–Kier alpha value is -2.54. The van der Waals surface area contributed by atoms with Gasteiger partial charge < -0.3 is 9.47 Å². The highest BCUT2D eigenvalue weighted by molar-refractivity contribution is 9.10. The van der Waals surface area contributed by atoms with Gasteiger partial charge in [-0.25, -0.2) is 5.43 Å². The molecule has 3 rings (SSSR count). The molecule has 31 heavy (non-hydrogen) atoms. The van der Waals surface area contributed by atoms with Gasteiger partial charge in [0.25, 0.3) is 5.91 Å². The number of nitrogens with zero attached hydrogens (tertiary/aromatic N) is 1. The average Bonchev–Trinajstić information content (AvgIpc) is 2.75. The van der Waals surface area contributed by atoms with Gasteiger partial charge in [-0.15, -0.1) is 0 Å². The third-order valence-electron chi connectivity index (χ3n) is 4.13. The first kappa shape index (κ1) is 23.1. The number of hydrogen-bond donors (Lipinski definition) is 1. The Labute approximate surface area is 199 Å². The van der Waals surface area contributed by atoms with Crippen molar-refractivity contribution < 1.29 is 14.3 Å². The van der Waals surface area contributed by atoms with Crippen molar-refractivity contribution in [2.24, 2.45) is 5.10 Å². The zero-order chi connectivity index (χ0) is 22.2. The monoisotopic (exact) mass is 520 g/mol. The van der Waals surface area contributed by atoms with E-state index in [4.69, 9.17) is 32.7 Å². The normalized spacial score (nSPS) is 10.8. The van der Waals surface area contributed by atoms with E-state index in [2.05, 4.69) is 26.5 Å². The van der Waals surface area contributed by atoms with Gasteiger partial charge in [0, 0.05) is 25.6 Å². The van der Waals surface area contributed by atoms with Crippen LogP contribution >= 0.6 is 39.1 Å². The SMILES string of the molecule is CCOc1cc(/C=N\NC(=O)c2cccc(Cl)c2)c(Br)cc1OCc1ccc(Cl)cc1. The van der Waals surface area contributed by atoms with Gasteiger partial charge in [0.2, 0.25) is 0 Å². The Morgan fingerprint density at radius 3 is 2.48 bits per heavy atom. The Morgan fingerprint density at radius 2 is 1.77 bits per heavy atom. The van der Waals surface area contributed by atoms with Gasteiger partial charge in [-0.2, -0.15) is 5.10 Å². The number of nitrogens with one attached hydrogen (secondary N) is 1. The van der Waals surface area contributed by atoms with E-state index >= 15 is 0 Å². The first-order valence-corrected chi connectivity index (χ1v) is 10.9. The number of hydrogen-bond acceptors (Lipinski definition) is 4. The fourth-order valence-electron chi connectivity index (χ4n) is 2.63. The summed E-state index contributed by atoms with van der Waals surface area (Å²) in [6.07, 6.45) is 1.53. The van der Waals surface area contributed by atoms with Crippen LogP contribution in [-0.4, -0.2) is 18.7 Å². The second kappa shape index (κ2) is 11.2. The third kappa shape index (κ3) is 6.72. The van der Waals surface area contributed by atoms with Crippen molar-refractivity contribution in [3.63, 3.8) is 0 Å². The van der Waals surface area contributed by atoms with E-state index in [-0.39, 0.29) is 5.91 Å². The molecule has 0 radical (unpaired) electrons. The molecule has 0 aromatic heterocycles. The summed E-state index contributed by atoms with van der Waals surface area (Å²) in [6, 6.07) is 17.7. The van der Waals surface area contributed by atoms with E-state index in [9.17, 15) is 4.79 Å². The van der Waals surface area contributed by atoms with Crippen molar-refractivity contribution >= 4 is 51.3 Å². The lowest BCUT2D eigenvalue weighted by Crippen LogP contribution is -2.17. The van der Waals surface area contributed by atoms with Gasteiger partial charge in [-0.3, -0.25) is 4.79 Å². The fourth-order valence-corrected chi connectivity index (χ4v) is 3.37. The third-order valence-corrected chi connectivity index (χ3v) is 5.30. The van der Waals surface area contributed by atoms with Crippen LogP contribution in [0, 0.1) is 0 Å². The van der Waals surface area contributed by atoms with Gasteiger partial charge in [0.15, 0.2) is 11.5 Å². The van der Waals surface area contributed by atoms with Crippen LogP contribution in [0.5, 0.6) is 11.5 Å². The summed E-state index contributed by atoms with van der Waals surface area (Å²) in [5, 5.41) is 5.19. The van der Waals surface area contributed by atoms with Gasteiger partial charge in [-0.05, 0) is 70.9 Å². The summed E-state index contributed by atoms with van der Waals surface area (Å²) < 4.78 is 12.4. The van der Waals surface area contributed by atoms with Crippen LogP contribution in [0.3, 0.4) is 0 Å². The molecular weight excluding hydrogens is 503 g/mol. The molecule has 3 aromatic carbocycles.